The predicted octanol–water partition coefficient (Wildman–Crippen LogP) is 0.353. The summed E-state index contributed by atoms with van der Waals surface area (Å²) in [4.78, 5) is 10.8. The zero-order valence-corrected chi connectivity index (χ0v) is 10.5. The van der Waals surface area contributed by atoms with Gasteiger partial charge < -0.3 is 10.8 Å². The smallest absolute Gasteiger partial charge is 0.320 e. The maximum atomic E-state index is 11.5. The van der Waals surface area contributed by atoms with Crippen LogP contribution in [-0.2, 0) is 21.1 Å². The van der Waals surface area contributed by atoms with Crippen molar-refractivity contribution in [1.29, 1.82) is 0 Å². The third-order valence-electron chi connectivity index (χ3n) is 2.42. The molecule has 0 fully saturated rings. The fourth-order valence-electron chi connectivity index (χ4n) is 1.51. The van der Waals surface area contributed by atoms with E-state index in [-0.39, 0.29) is 11.3 Å². The van der Waals surface area contributed by atoms with Gasteiger partial charge >= 0.3 is 5.97 Å². The quantitative estimate of drug-likeness (QED) is 0.811. The maximum Gasteiger partial charge on any atom is 0.320 e. The van der Waals surface area contributed by atoms with E-state index in [9.17, 15) is 13.2 Å². The van der Waals surface area contributed by atoms with Gasteiger partial charge in [0.15, 0.2) is 9.84 Å². The molecule has 0 heterocycles. The molecule has 1 aromatic rings. The second-order valence-electron chi connectivity index (χ2n) is 4.02. The van der Waals surface area contributed by atoms with Gasteiger partial charge in [-0.25, -0.2) is 8.42 Å². The maximum absolute atomic E-state index is 11.5. The summed E-state index contributed by atoms with van der Waals surface area (Å²) < 4.78 is 23.0. The van der Waals surface area contributed by atoms with Crippen molar-refractivity contribution in [2.24, 2.45) is 5.73 Å². The summed E-state index contributed by atoms with van der Waals surface area (Å²) in [5.74, 6) is -1.11. The van der Waals surface area contributed by atoms with E-state index in [1.165, 1.54) is 6.07 Å². The number of hydrogen-bond acceptors (Lipinski definition) is 4. The van der Waals surface area contributed by atoms with Crippen LogP contribution in [-0.4, -0.2) is 31.8 Å². The lowest BCUT2D eigenvalue weighted by atomic mass is 10.1. The van der Waals surface area contributed by atoms with Crippen LogP contribution in [0.25, 0.3) is 0 Å². The molecule has 3 N–H and O–H groups in total. The normalized spacial score (nSPS) is 13.4. The average Bonchev–Trinajstić information content (AvgIpc) is 2.19. The summed E-state index contributed by atoms with van der Waals surface area (Å²) in [7, 11) is -3.30. The largest absolute Gasteiger partial charge is 0.480 e. The highest BCUT2D eigenvalue weighted by Gasteiger charge is 2.15. The lowest BCUT2D eigenvalue weighted by Gasteiger charge is -2.09. The molecular weight excluding hydrogens is 242 g/mol. The van der Waals surface area contributed by atoms with Gasteiger partial charge in [0.1, 0.15) is 6.04 Å². The van der Waals surface area contributed by atoms with Crippen LogP contribution in [0.2, 0.25) is 0 Å². The third-order valence-corrected chi connectivity index (χ3v) is 3.66. The molecule has 0 saturated heterocycles. The number of rotatable bonds is 4. The Morgan fingerprint density at radius 1 is 1.47 bits per heavy atom. The molecule has 1 rings (SSSR count). The second kappa shape index (κ2) is 4.85. The Balaban J connectivity index is 3.10. The Morgan fingerprint density at radius 2 is 2.06 bits per heavy atom. The molecule has 5 nitrogen and oxygen atoms in total. The fourth-order valence-corrected chi connectivity index (χ4v) is 2.53. The number of sulfone groups is 1. The number of carbonyl (C=O) groups is 1. The number of carboxylic acids is 1. The lowest BCUT2D eigenvalue weighted by molar-refractivity contribution is -0.138. The van der Waals surface area contributed by atoms with Crippen LogP contribution in [0.4, 0.5) is 0 Å². The van der Waals surface area contributed by atoms with Crippen LogP contribution in [0.5, 0.6) is 0 Å². The zero-order valence-electron chi connectivity index (χ0n) is 9.67. The van der Waals surface area contributed by atoms with Crippen LogP contribution < -0.4 is 5.73 Å². The summed E-state index contributed by atoms with van der Waals surface area (Å²) in [6.45, 7) is 1.69. The summed E-state index contributed by atoms with van der Waals surface area (Å²) in [5.41, 5.74) is 6.64. The molecule has 0 aliphatic carbocycles. The minimum absolute atomic E-state index is 0.109. The predicted molar refractivity (Wildman–Crippen MR) is 63.6 cm³/mol. The number of carboxylic acid groups (broad SMARTS) is 1. The van der Waals surface area contributed by atoms with Gasteiger partial charge in [0.2, 0.25) is 0 Å². The first kappa shape index (κ1) is 13.7. The highest BCUT2D eigenvalue weighted by molar-refractivity contribution is 7.90. The van der Waals surface area contributed by atoms with Crippen LogP contribution in [0.1, 0.15) is 11.1 Å². The summed E-state index contributed by atoms with van der Waals surface area (Å²) in [6.07, 6.45) is 1.23. The summed E-state index contributed by atoms with van der Waals surface area (Å²) in [5, 5.41) is 8.68. The molecule has 1 aromatic carbocycles. The number of nitrogens with two attached hydrogens (primary N) is 1. The summed E-state index contributed by atoms with van der Waals surface area (Å²) in [6, 6.07) is 3.80. The van der Waals surface area contributed by atoms with Crippen LogP contribution in [0, 0.1) is 6.92 Å². The summed E-state index contributed by atoms with van der Waals surface area (Å²) >= 11 is 0. The molecule has 0 aromatic heterocycles. The van der Waals surface area contributed by atoms with Crippen molar-refractivity contribution >= 4 is 15.8 Å². The van der Waals surface area contributed by atoms with Gasteiger partial charge in [-0.1, -0.05) is 12.1 Å². The molecule has 0 aliphatic rings. The van der Waals surface area contributed by atoms with Gasteiger partial charge in [-0.2, -0.15) is 0 Å². The van der Waals surface area contributed by atoms with Crippen molar-refractivity contribution in [3.63, 3.8) is 0 Å². The zero-order chi connectivity index (χ0) is 13.2. The van der Waals surface area contributed by atoms with Gasteiger partial charge in [-0.05, 0) is 30.5 Å². The standard InChI is InChI=1S/C11H15NO4S/c1-7-3-4-8(5-9(12)11(13)14)6-10(7)17(2,15)16/h3-4,6,9H,5,12H2,1-2H3,(H,13,14). The molecular formula is C11H15NO4S. The molecule has 0 radical (unpaired) electrons. The highest BCUT2D eigenvalue weighted by atomic mass is 32.2. The number of aliphatic carboxylic acids is 1. The van der Waals surface area contributed by atoms with Crippen LogP contribution in [0.15, 0.2) is 23.1 Å². The molecule has 1 unspecified atom stereocenters. The van der Waals surface area contributed by atoms with Crippen molar-refractivity contribution in [1.82, 2.24) is 0 Å². The Bertz CT molecular complexity index is 536. The average molecular weight is 257 g/mol. The molecule has 0 amide bonds. The molecule has 6 heteroatoms. The van der Waals surface area contributed by atoms with Gasteiger partial charge in [-0.3, -0.25) is 4.79 Å². The van der Waals surface area contributed by atoms with Crippen LogP contribution in [0.3, 0.4) is 0 Å². The van der Waals surface area contributed by atoms with Gasteiger partial charge in [0.05, 0.1) is 4.90 Å². The van der Waals surface area contributed by atoms with Gasteiger partial charge in [0.25, 0.3) is 0 Å². The van der Waals surface area contributed by atoms with E-state index >= 15 is 0 Å². The number of hydrogen-bond donors (Lipinski definition) is 2. The molecule has 0 aliphatic heterocycles. The van der Waals surface area contributed by atoms with E-state index in [1.807, 2.05) is 0 Å². The Morgan fingerprint density at radius 3 is 2.53 bits per heavy atom. The van der Waals surface area contributed by atoms with E-state index in [0.29, 0.717) is 11.1 Å². The van der Waals surface area contributed by atoms with Crippen molar-refractivity contribution in [2.45, 2.75) is 24.3 Å². The third kappa shape index (κ3) is 3.54. The Hall–Kier alpha value is -1.40. The van der Waals surface area contributed by atoms with E-state index in [1.54, 1.807) is 19.1 Å². The topological polar surface area (TPSA) is 97.5 Å². The monoisotopic (exact) mass is 257 g/mol. The van der Waals surface area contributed by atoms with Gasteiger partial charge in [-0.15, -0.1) is 0 Å². The van der Waals surface area contributed by atoms with Crippen molar-refractivity contribution < 1.29 is 18.3 Å². The van der Waals surface area contributed by atoms with Crippen LogP contribution >= 0.6 is 0 Å². The minimum Gasteiger partial charge on any atom is -0.480 e. The first-order chi connectivity index (χ1) is 7.71. The van der Waals surface area contributed by atoms with E-state index in [4.69, 9.17) is 10.8 Å². The van der Waals surface area contributed by atoms with Gasteiger partial charge in [0, 0.05) is 6.26 Å². The van der Waals surface area contributed by atoms with Crippen molar-refractivity contribution in [3.8, 4) is 0 Å². The van der Waals surface area contributed by atoms with Crippen molar-refractivity contribution in [3.05, 3.63) is 29.3 Å². The van der Waals surface area contributed by atoms with E-state index in [0.717, 1.165) is 6.26 Å². The first-order valence-electron chi connectivity index (χ1n) is 5.00. The Labute approximate surface area is 100 Å². The fraction of sp³-hybridized carbons (Fsp3) is 0.364. The first-order valence-corrected chi connectivity index (χ1v) is 6.89. The molecule has 1 atom stereocenters. The second-order valence-corrected chi connectivity index (χ2v) is 6.01. The highest BCUT2D eigenvalue weighted by Crippen LogP contribution is 2.17. The SMILES string of the molecule is Cc1ccc(CC(N)C(=O)O)cc1S(C)(=O)=O. The Kier molecular flexibility index (Phi) is 3.90. The van der Waals surface area contributed by atoms with E-state index < -0.39 is 21.8 Å². The lowest BCUT2D eigenvalue weighted by Crippen LogP contribution is -2.32. The van der Waals surface area contributed by atoms with E-state index in [2.05, 4.69) is 0 Å². The minimum atomic E-state index is -3.30. The molecule has 0 spiro atoms. The number of aryl methyl sites for hydroxylation is 1. The molecule has 17 heavy (non-hydrogen) atoms. The van der Waals surface area contributed by atoms with Crippen molar-refractivity contribution in [2.75, 3.05) is 6.26 Å². The molecule has 0 bridgehead atoms. The molecule has 94 valence electrons. The molecule has 0 saturated carbocycles. The number of benzene rings is 1.